The van der Waals surface area contributed by atoms with E-state index >= 15 is 0 Å². The van der Waals surface area contributed by atoms with Crippen LogP contribution in [0.15, 0.2) is 59.9 Å². The minimum Gasteiger partial charge on any atom is -0.494 e. The number of aryl methyl sites for hydroxylation is 1. The maximum atomic E-state index is 10.6. The molecule has 7 nitrogen and oxygen atoms in total. The van der Waals surface area contributed by atoms with Crippen LogP contribution in [-0.2, 0) is 0 Å². The number of ether oxygens (including phenoxy) is 1. The van der Waals surface area contributed by atoms with Crippen molar-refractivity contribution in [3.05, 3.63) is 60.6 Å². The van der Waals surface area contributed by atoms with Crippen LogP contribution in [0.4, 0.5) is 5.69 Å². The van der Waals surface area contributed by atoms with Gasteiger partial charge < -0.3 is 25.5 Å². The molecule has 0 unspecified atom stereocenters. The van der Waals surface area contributed by atoms with Crippen molar-refractivity contribution in [3.63, 3.8) is 0 Å². The summed E-state index contributed by atoms with van der Waals surface area (Å²) in [4.78, 5) is 8.79. The van der Waals surface area contributed by atoms with Gasteiger partial charge in [-0.2, -0.15) is 0 Å². The van der Waals surface area contributed by atoms with E-state index in [0.717, 1.165) is 22.6 Å². The Morgan fingerprint density at radius 2 is 2.10 bits per heavy atom. The summed E-state index contributed by atoms with van der Waals surface area (Å²) in [6.45, 7) is 13.3. The Morgan fingerprint density at radius 3 is 2.59 bits per heavy atom. The number of imidazole rings is 1. The summed E-state index contributed by atoms with van der Waals surface area (Å²) in [6, 6.07) is 5.69. The van der Waals surface area contributed by atoms with Crippen molar-refractivity contribution in [1.82, 2.24) is 9.55 Å². The van der Waals surface area contributed by atoms with Crippen LogP contribution in [0, 0.1) is 12.8 Å². The van der Waals surface area contributed by atoms with Crippen molar-refractivity contribution in [2.24, 2.45) is 16.6 Å². The normalized spacial score (nSPS) is 13.0. The highest BCUT2D eigenvalue weighted by Crippen LogP contribution is 2.28. The van der Waals surface area contributed by atoms with Gasteiger partial charge in [-0.1, -0.05) is 20.4 Å². The predicted molar refractivity (Wildman–Crippen MR) is 118 cm³/mol. The molecule has 29 heavy (non-hydrogen) atoms. The lowest BCUT2D eigenvalue weighted by Gasteiger charge is -2.25. The van der Waals surface area contributed by atoms with Crippen LogP contribution in [0.25, 0.3) is 5.69 Å². The summed E-state index contributed by atoms with van der Waals surface area (Å²) in [5.41, 5.74) is 8.41. The van der Waals surface area contributed by atoms with Crippen LogP contribution in [0.3, 0.4) is 0 Å². The van der Waals surface area contributed by atoms with Crippen LogP contribution in [0.5, 0.6) is 5.75 Å². The zero-order valence-corrected chi connectivity index (χ0v) is 18.0. The summed E-state index contributed by atoms with van der Waals surface area (Å²) < 4.78 is 7.43. The Bertz CT molecular complexity index is 933. The molecule has 1 heterocycles. The molecular formula is C22H31N5O2. The summed E-state index contributed by atoms with van der Waals surface area (Å²) in [5, 5.41) is 13.7. The van der Waals surface area contributed by atoms with E-state index in [1.165, 1.54) is 6.20 Å². The van der Waals surface area contributed by atoms with E-state index in [4.69, 9.17) is 10.5 Å². The predicted octanol–water partition coefficient (Wildman–Crippen LogP) is 3.78. The molecule has 0 radical (unpaired) electrons. The Labute approximate surface area is 172 Å². The average Bonchev–Trinajstić information content (AvgIpc) is 3.06. The molecule has 0 saturated heterocycles. The molecule has 0 aliphatic heterocycles. The fourth-order valence-electron chi connectivity index (χ4n) is 2.95. The SMILES string of the molecule is C=C(N=C(/C(=C\N)C(C)C)C(C)(C)O)Nc1ccc(-n2cnc(C)c2)c(OC)c1. The molecule has 0 bridgehead atoms. The average molecular weight is 398 g/mol. The van der Waals surface area contributed by atoms with Crippen LogP contribution in [-0.4, -0.2) is 33.1 Å². The fourth-order valence-corrected chi connectivity index (χ4v) is 2.95. The maximum Gasteiger partial charge on any atom is 0.144 e. The van der Waals surface area contributed by atoms with Crippen molar-refractivity contribution in [2.45, 2.75) is 40.2 Å². The number of hydrogen-bond acceptors (Lipinski definition) is 6. The molecule has 0 spiro atoms. The number of methoxy groups -OCH3 is 1. The van der Waals surface area contributed by atoms with Gasteiger partial charge in [-0.15, -0.1) is 0 Å². The molecule has 0 atom stereocenters. The van der Waals surface area contributed by atoms with E-state index in [2.05, 4.69) is 21.9 Å². The lowest BCUT2D eigenvalue weighted by molar-refractivity contribution is 0.153. The molecule has 1 aromatic carbocycles. The summed E-state index contributed by atoms with van der Waals surface area (Å²) in [6.07, 6.45) is 5.15. The van der Waals surface area contributed by atoms with Gasteiger partial charge in [-0.05, 0) is 50.6 Å². The summed E-state index contributed by atoms with van der Waals surface area (Å²) >= 11 is 0. The lowest BCUT2D eigenvalue weighted by atomic mass is 9.89. The molecule has 0 fully saturated rings. The summed E-state index contributed by atoms with van der Waals surface area (Å²) in [5.74, 6) is 1.17. The molecule has 0 aliphatic carbocycles. The van der Waals surface area contributed by atoms with Crippen molar-refractivity contribution in [1.29, 1.82) is 0 Å². The third kappa shape index (κ3) is 5.48. The van der Waals surface area contributed by atoms with Gasteiger partial charge in [-0.25, -0.2) is 9.98 Å². The molecule has 2 rings (SSSR count). The lowest BCUT2D eigenvalue weighted by Crippen LogP contribution is -2.35. The van der Waals surface area contributed by atoms with Gasteiger partial charge in [0, 0.05) is 18.0 Å². The van der Waals surface area contributed by atoms with E-state index in [1.54, 1.807) is 27.3 Å². The van der Waals surface area contributed by atoms with Crippen molar-refractivity contribution in [3.8, 4) is 11.4 Å². The van der Waals surface area contributed by atoms with Crippen molar-refractivity contribution in [2.75, 3.05) is 12.4 Å². The molecule has 2 aromatic rings. The first-order valence-electron chi connectivity index (χ1n) is 9.45. The second-order valence-corrected chi connectivity index (χ2v) is 7.68. The first-order valence-corrected chi connectivity index (χ1v) is 9.45. The van der Waals surface area contributed by atoms with Crippen LogP contribution >= 0.6 is 0 Å². The van der Waals surface area contributed by atoms with E-state index in [0.29, 0.717) is 17.3 Å². The summed E-state index contributed by atoms with van der Waals surface area (Å²) in [7, 11) is 1.62. The van der Waals surface area contributed by atoms with Crippen LogP contribution in [0.2, 0.25) is 0 Å². The monoisotopic (exact) mass is 397 g/mol. The number of anilines is 1. The molecule has 0 amide bonds. The Morgan fingerprint density at radius 1 is 1.41 bits per heavy atom. The highest BCUT2D eigenvalue weighted by atomic mass is 16.5. The van der Waals surface area contributed by atoms with E-state index in [9.17, 15) is 5.11 Å². The molecule has 7 heteroatoms. The largest absolute Gasteiger partial charge is 0.494 e. The first-order chi connectivity index (χ1) is 13.6. The number of nitrogens with one attached hydrogen (secondary N) is 1. The molecule has 4 N–H and O–H groups in total. The van der Waals surface area contributed by atoms with Gasteiger partial charge in [0.15, 0.2) is 0 Å². The number of aliphatic imine (C=N–C) groups is 1. The van der Waals surface area contributed by atoms with E-state index in [1.807, 2.05) is 49.7 Å². The molecular weight excluding hydrogens is 366 g/mol. The maximum absolute atomic E-state index is 10.6. The van der Waals surface area contributed by atoms with E-state index in [-0.39, 0.29) is 5.92 Å². The fraction of sp³-hybridized carbons (Fsp3) is 0.364. The minimum absolute atomic E-state index is 0.107. The van der Waals surface area contributed by atoms with Crippen LogP contribution < -0.4 is 15.8 Å². The number of nitrogens with zero attached hydrogens (tertiary/aromatic N) is 3. The number of aromatic nitrogens is 2. The molecule has 156 valence electrons. The second-order valence-electron chi connectivity index (χ2n) is 7.68. The van der Waals surface area contributed by atoms with Gasteiger partial charge >= 0.3 is 0 Å². The highest BCUT2D eigenvalue weighted by molar-refractivity contribution is 6.06. The van der Waals surface area contributed by atoms with Gasteiger partial charge in [0.25, 0.3) is 0 Å². The molecule has 1 aromatic heterocycles. The standard InChI is InChI=1S/C22H31N5O2/c1-14(2)18(11-23)21(22(5,6)28)26-16(4)25-17-8-9-19(20(10-17)29-7)27-12-15(3)24-13-27/h8-14,25,28H,4,23H2,1-3,5-7H3/b18-11-,26-21?. The topological polar surface area (TPSA) is 97.7 Å². The number of benzene rings is 1. The highest BCUT2D eigenvalue weighted by Gasteiger charge is 2.26. The third-order valence-corrected chi connectivity index (χ3v) is 4.36. The Kier molecular flexibility index (Phi) is 6.87. The van der Waals surface area contributed by atoms with Gasteiger partial charge in [-0.3, -0.25) is 0 Å². The zero-order valence-electron chi connectivity index (χ0n) is 18.0. The van der Waals surface area contributed by atoms with Crippen LogP contribution in [0.1, 0.15) is 33.4 Å². The molecule has 0 saturated carbocycles. The smallest absolute Gasteiger partial charge is 0.144 e. The second kappa shape index (κ2) is 8.96. The minimum atomic E-state index is -1.17. The van der Waals surface area contributed by atoms with Gasteiger partial charge in [0.05, 0.1) is 30.5 Å². The molecule has 0 aliphatic rings. The van der Waals surface area contributed by atoms with Crippen molar-refractivity contribution < 1.29 is 9.84 Å². The number of aliphatic hydroxyl groups is 1. The Balaban J connectivity index is 2.32. The number of hydrogen-bond donors (Lipinski definition) is 3. The zero-order chi connectivity index (χ0) is 21.8. The van der Waals surface area contributed by atoms with Gasteiger partial charge in [0.1, 0.15) is 17.2 Å². The quantitative estimate of drug-likeness (QED) is 0.589. The van der Waals surface area contributed by atoms with Gasteiger partial charge in [0.2, 0.25) is 0 Å². The number of rotatable bonds is 8. The Hall–Kier alpha value is -3.06. The first kappa shape index (κ1) is 22.2. The van der Waals surface area contributed by atoms with E-state index < -0.39 is 5.60 Å². The number of nitrogens with two attached hydrogens (primary N) is 1. The van der Waals surface area contributed by atoms with Crippen molar-refractivity contribution >= 4 is 11.4 Å². The third-order valence-electron chi connectivity index (χ3n) is 4.36.